The van der Waals surface area contributed by atoms with Gasteiger partial charge < -0.3 is 10.2 Å². The SMILES string of the molecule is Cc1c(Cc2ccccc2)nnc(N2CCN[C@H](C)C2)c1C. The topological polar surface area (TPSA) is 41.1 Å². The molecule has 1 aliphatic heterocycles. The van der Waals surface area contributed by atoms with Crippen LogP contribution in [0.4, 0.5) is 5.82 Å². The molecule has 0 radical (unpaired) electrons. The number of anilines is 1. The van der Waals surface area contributed by atoms with Gasteiger partial charge in [0, 0.05) is 32.1 Å². The minimum absolute atomic E-state index is 0.499. The van der Waals surface area contributed by atoms with E-state index >= 15 is 0 Å². The number of rotatable bonds is 3. The third-order valence-electron chi connectivity index (χ3n) is 4.48. The first-order valence-electron chi connectivity index (χ1n) is 8.00. The van der Waals surface area contributed by atoms with E-state index in [4.69, 9.17) is 0 Å². The van der Waals surface area contributed by atoms with Crippen LogP contribution in [0.15, 0.2) is 30.3 Å². The van der Waals surface area contributed by atoms with Crippen molar-refractivity contribution in [2.24, 2.45) is 0 Å². The van der Waals surface area contributed by atoms with Crippen molar-refractivity contribution in [3.63, 3.8) is 0 Å². The molecule has 0 amide bonds. The zero-order valence-electron chi connectivity index (χ0n) is 13.6. The normalized spacial score (nSPS) is 18.5. The molecule has 1 saturated heterocycles. The summed E-state index contributed by atoms with van der Waals surface area (Å²) in [7, 11) is 0. The molecule has 0 aliphatic carbocycles. The second kappa shape index (κ2) is 6.44. The fraction of sp³-hybridized carbons (Fsp3) is 0.444. The Morgan fingerprint density at radius 2 is 1.91 bits per heavy atom. The van der Waals surface area contributed by atoms with Crippen LogP contribution in [-0.4, -0.2) is 35.9 Å². The minimum Gasteiger partial charge on any atom is -0.352 e. The van der Waals surface area contributed by atoms with E-state index in [2.05, 4.69) is 65.5 Å². The molecule has 1 N–H and O–H groups in total. The molecule has 4 heteroatoms. The van der Waals surface area contributed by atoms with Crippen molar-refractivity contribution in [1.82, 2.24) is 15.5 Å². The number of nitrogens with zero attached hydrogens (tertiary/aromatic N) is 3. The first-order chi connectivity index (χ1) is 10.6. The predicted molar refractivity (Wildman–Crippen MR) is 90.4 cm³/mol. The highest BCUT2D eigenvalue weighted by Gasteiger charge is 2.20. The summed E-state index contributed by atoms with van der Waals surface area (Å²) in [6, 6.07) is 11.0. The van der Waals surface area contributed by atoms with Gasteiger partial charge in [0.05, 0.1) is 5.69 Å². The molecule has 0 bridgehead atoms. The molecule has 2 aromatic rings. The van der Waals surface area contributed by atoms with Crippen molar-refractivity contribution in [3.8, 4) is 0 Å². The van der Waals surface area contributed by atoms with E-state index in [1.54, 1.807) is 0 Å². The number of benzene rings is 1. The summed E-state index contributed by atoms with van der Waals surface area (Å²) in [4.78, 5) is 2.35. The molecule has 22 heavy (non-hydrogen) atoms. The lowest BCUT2D eigenvalue weighted by molar-refractivity contribution is 0.480. The maximum atomic E-state index is 4.54. The van der Waals surface area contributed by atoms with E-state index in [1.807, 2.05) is 6.07 Å². The van der Waals surface area contributed by atoms with Gasteiger partial charge in [-0.25, -0.2) is 0 Å². The summed E-state index contributed by atoms with van der Waals surface area (Å²) in [5.41, 5.74) is 4.88. The molecule has 0 saturated carbocycles. The van der Waals surface area contributed by atoms with Gasteiger partial charge in [0.25, 0.3) is 0 Å². The fourth-order valence-corrected chi connectivity index (χ4v) is 3.02. The van der Waals surface area contributed by atoms with Gasteiger partial charge in [-0.3, -0.25) is 0 Å². The second-order valence-corrected chi connectivity index (χ2v) is 6.18. The maximum absolute atomic E-state index is 4.54. The van der Waals surface area contributed by atoms with Crippen molar-refractivity contribution in [2.45, 2.75) is 33.2 Å². The van der Waals surface area contributed by atoms with Crippen molar-refractivity contribution >= 4 is 5.82 Å². The number of nitrogens with one attached hydrogen (secondary N) is 1. The molecule has 1 aromatic heterocycles. The van der Waals surface area contributed by atoms with E-state index in [0.29, 0.717) is 6.04 Å². The Labute approximate surface area is 132 Å². The van der Waals surface area contributed by atoms with Crippen LogP contribution in [-0.2, 0) is 6.42 Å². The lowest BCUT2D eigenvalue weighted by Gasteiger charge is -2.33. The van der Waals surface area contributed by atoms with Crippen molar-refractivity contribution < 1.29 is 0 Å². The molecule has 4 nitrogen and oxygen atoms in total. The van der Waals surface area contributed by atoms with Crippen LogP contribution in [0, 0.1) is 13.8 Å². The van der Waals surface area contributed by atoms with E-state index in [9.17, 15) is 0 Å². The molecule has 1 fully saturated rings. The highest BCUT2D eigenvalue weighted by Crippen LogP contribution is 2.23. The van der Waals surface area contributed by atoms with Crippen LogP contribution in [0.2, 0.25) is 0 Å². The Hall–Kier alpha value is -1.94. The average molecular weight is 296 g/mol. The minimum atomic E-state index is 0.499. The monoisotopic (exact) mass is 296 g/mol. The van der Waals surface area contributed by atoms with Gasteiger partial charge in [-0.05, 0) is 37.5 Å². The summed E-state index contributed by atoms with van der Waals surface area (Å²) >= 11 is 0. The van der Waals surface area contributed by atoms with Crippen LogP contribution < -0.4 is 10.2 Å². The molecule has 2 heterocycles. The summed E-state index contributed by atoms with van der Waals surface area (Å²) in [5.74, 6) is 1.04. The Morgan fingerprint density at radius 1 is 1.14 bits per heavy atom. The van der Waals surface area contributed by atoms with Crippen LogP contribution in [0.3, 0.4) is 0 Å². The highest BCUT2D eigenvalue weighted by molar-refractivity contribution is 5.51. The number of piperazine rings is 1. The number of hydrogen-bond donors (Lipinski definition) is 1. The highest BCUT2D eigenvalue weighted by atomic mass is 15.3. The van der Waals surface area contributed by atoms with Crippen molar-refractivity contribution in [3.05, 3.63) is 52.7 Å². The fourth-order valence-electron chi connectivity index (χ4n) is 3.02. The van der Waals surface area contributed by atoms with Crippen molar-refractivity contribution in [2.75, 3.05) is 24.5 Å². The Bertz CT molecular complexity index is 639. The van der Waals surface area contributed by atoms with E-state index < -0.39 is 0 Å². The molecule has 116 valence electrons. The first kappa shape index (κ1) is 15.0. The van der Waals surface area contributed by atoms with E-state index in [1.165, 1.54) is 16.7 Å². The Morgan fingerprint density at radius 3 is 2.64 bits per heavy atom. The number of aromatic nitrogens is 2. The third kappa shape index (κ3) is 3.12. The lowest BCUT2D eigenvalue weighted by atomic mass is 10.0. The van der Waals surface area contributed by atoms with E-state index in [0.717, 1.165) is 37.6 Å². The average Bonchev–Trinajstić information content (AvgIpc) is 2.53. The quantitative estimate of drug-likeness (QED) is 0.945. The maximum Gasteiger partial charge on any atom is 0.154 e. The van der Waals surface area contributed by atoms with Gasteiger partial charge in [-0.15, -0.1) is 5.10 Å². The summed E-state index contributed by atoms with van der Waals surface area (Å²) in [5, 5.41) is 12.5. The molecule has 3 rings (SSSR count). The predicted octanol–water partition coefficient (Wildman–Crippen LogP) is 2.48. The van der Waals surface area contributed by atoms with Gasteiger partial charge in [0.1, 0.15) is 0 Å². The lowest BCUT2D eigenvalue weighted by Crippen LogP contribution is -2.49. The van der Waals surface area contributed by atoms with Gasteiger partial charge in [0.2, 0.25) is 0 Å². The molecule has 0 unspecified atom stereocenters. The number of hydrogen-bond acceptors (Lipinski definition) is 4. The second-order valence-electron chi connectivity index (χ2n) is 6.18. The van der Waals surface area contributed by atoms with Gasteiger partial charge >= 0.3 is 0 Å². The smallest absolute Gasteiger partial charge is 0.154 e. The zero-order chi connectivity index (χ0) is 15.5. The molecular formula is C18H24N4. The molecule has 1 aromatic carbocycles. The molecule has 1 aliphatic rings. The van der Waals surface area contributed by atoms with Crippen LogP contribution >= 0.6 is 0 Å². The molecule has 1 atom stereocenters. The summed E-state index contributed by atoms with van der Waals surface area (Å²) in [6.07, 6.45) is 0.846. The zero-order valence-corrected chi connectivity index (χ0v) is 13.6. The standard InChI is InChI=1S/C18H24N4/c1-13-12-22(10-9-19-13)18-15(3)14(2)17(20-21-18)11-16-7-5-4-6-8-16/h4-8,13,19H,9-12H2,1-3H3/t13-/m1/s1. The Kier molecular flexibility index (Phi) is 4.39. The third-order valence-corrected chi connectivity index (χ3v) is 4.48. The molecule has 0 spiro atoms. The van der Waals surface area contributed by atoms with Crippen LogP contribution in [0.1, 0.15) is 29.3 Å². The molecular weight excluding hydrogens is 272 g/mol. The summed E-state index contributed by atoms with van der Waals surface area (Å²) < 4.78 is 0. The van der Waals surface area contributed by atoms with Crippen molar-refractivity contribution in [1.29, 1.82) is 0 Å². The van der Waals surface area contributed by atoms with E-state index in [-0.39, 0.29) is 0 Å². The summed E-state index contributed by atoms with van der Waals surface area (Å²) in [6.45, 7) is 9.54. The van der Waals surface area contributed by atoms with Gasteiger partial charge in [-0.2, -0.15) is 5.10 Å². The van der Waals surface area contributed by atoms with Gasteiger partial charge in [-0.1, -0.05) is 30.3 Å². The van der Waals surface area contributed by atoms with Crippen LogP contribution in [0.25, 0.3) is 0 Å². The largest absolute Gasteiger partial charge is 0.352 e. The van der Waals surface area contributed by atoms with Crippen LogP contribution in [0.5, 0.6) is 0 Å². The Balaban J connectivity index is 1.85. The first-order valence-corrected chi connectivity index (χ1v) is 8.00. The van der Waals surface area contributed by atoms with Gasteiger partial charge in [0.15, 0.2) is 5.82 Å².